The minimum atomic E-state index is -0.865. The monoisotopic (exact) mass is 448 g/mol. The highest BCUT2D eigenvalue weighted by Gasteiger charge is 2.45. The zero-order valence-electron chi connectivity index (χ0n) is 20.1. The molecule has 1 spiro atoms. The first-order valence-corrected chi connectivity index (χ1v) is 12.4. The maximum absolute atomic E-state index is 11.1. The van der Waals surface area contributed by atoms with Gasteiger partial charge in [-0.05, 0) is 112 Å². The van der Waals surface area contributed by atoms with Crippen LogP contribution in [0.15, 0.2) is 36.4 Å². The number of hydrogen-bond donors (Lipinski definition) is 1. The zero-order valence-corrected chi connectivity index (χ0v) is 20.1. The summed E-state index contributed by atoms with van der Waals surface area (Å²) in [5.41, 5.74) is 6.18. The third kappa shape index (κ3) is 4.74. The third-order valence-electron chi connectivity index (χ3n) is 7.66. The van der Waals surface area contributed by atoms with E-state index >= 15 is 0 Å². The standard InChI is InChI=1S/C28H36N2O3/c1-19(2)33-26-15-23(25(14-20(26)3)21-4-5-21)16-29-12-10-28(11-13-29)17-30(18-28)24-8-6-22(7-9-24)27(31)32/h6-9,14-15,19,21H,4-5,10-13,16-18H2,1-3H3,(H,31,32). The Morgan fingerprint density at radius 2 is 1.79 bits per heavy atom. The Morgan fingerprint density at radius 3 is 2.36 bits per heavy atom. The average Bonchev–Trinajstić information content (AvgIpc) is 3.60. The Labute approximate surface area is 197 Å². The van der Waals surface area contributed by atoms with Crippen molar-refractivity contribution in [3.63, 3.8) is 0 Å². The molecule has 1 N–H and O–H groups in total. The van der Waals surface area contributed by atoms with Crippen LogP contribution >= 0.6 is 0 Å². The number of aromatic carboxylic acids is 1. The van der Waals surface area contributed by atoms with Gasteiger partial charge >= 0.3 is 5.97 Å². The molecule has 5 heteroatoms. The predicted molar refractivity (Wildman–Crippen MR) is 131 cm³/mol. The summed E-state index contributed by atoms with van der Waals surface area (Å²) in [6.45, 7) is 11.8. The summed E-state index contributed by atoms with van der Waals surface area (Å²) in [6.07, 6.45) is 5.31. The molecule has 2 aliphatic heterocycles. The number of piperidine rings is 1. The molecule has 176 valence electrons. The number of carbonyl (C=O) groups is 1. The van der Waals surface area contributed by atoms with E-state index in [1.165, 1.54) is 36.8 Å². The van der Waals surface area contributed by atoms with Crippen molar-refractivity contribution in [3.8, 4) is 5.75 Å². The average molecular weight is 449 g/mol. The topological polar surface area (TPSA) is 53.0 Å². The number of benzene rings is 2. The maximum Gasteiger partial charge on any atom is 0.335 e. The molecule has 0 aromatic heterocycles. The van der Waals surface area contributed by atoms with Gasteiger partial charge in [-0.1, -0.05) is 6.07 Å². The fraction of sp³-hybridized carbons (Fsp3) is 0.536. The van der Waals surface area contributed by atoms with Crippen LogP contribution in [0.25, 0.3) is 0 Å². The summed E-state index contributed by atoms with van der Waals surface area (Å²) in [6, 6.07) is 12.0. The molecule has 0 radical (unpaired) electrons. The van der Waals surface area contributed by atoms with Gasteiger partial charge in [-0.25, -0.2) is 4.79 Å². The Bertz CT molecular complexity index is 1010. The number of carboxylic acids is 1. The summed E-state index contributed by atoms with van der Waals surface area (Å²) in [5.74, 6) is 0.923. The molecule has 2 aromatic rings. The van der Waals surface area contributed by atoms with Gasteiger partial charge in [0.1, 0.15) is 5.75 Å². The van der Waals surface area contributed by atoms with Crippen LogP contribution in [0.4, 0.5) is 5.69 Å². The molecule has 0 atom stereocenters. The number of aryl methyl sites for hydroxylation is 1. The van der Waals surface area contributed by atoms with Crippen molar-refractivity contribution in [1.82, 2.24) is 4.90 Å². The summed E-state index contributed by atoms with van der Waals surface area (Å²) >= 11 is 0. The molecule has 5 nitrogen and oxygen atoms in total. The molecule has 0 bridgehead atoms. The summed E-state index contributed by atoms with van der Waals surface area (Å²) in [7, 11) is 0. The molecule has 1 saturated carbocycles. The molecule has 2 aromatic carbocycles. The van der Waals surface area contributed by atoms with Crippen LogP contribution in [0.2, 0.25) is 0 Å². The minimum absolute atomic E-state index is 0.195. The van der Waals surface area contributed by atoms with Gasteiger partial charge in [0.05, 0.1) is 11.7 Å². The minimum Gasteiger partial charge on any atom is -0.491 e. The van der Waals surface area contributed by atoms with Crippen molar-refractivity contribution in [2.75, 3.05) is 31.1 Å². The first-order chi connectivity index (χ1) is 15.8. The predicted octanol–water partition coefficient (Wildman–Crippen LogP) is 5.46. The van der Waals surface area contributed by atoms with Crippen LogP contribution in [0.1, 0.15) is 72.5 Å². The van der Waals surface area contributed by atoms with Crippen LogP contribution < -0.4 is 9.64 Å². The fourth-order valence-electron chi connectivity index (χ4n) is 5.55. The molecule has 5 rings (SSSR count). The summed E-state index contributed by atoms with van der Waals surface area (Å²) in [4.78, 5) is 16.1. The highest BCUT2D eigenvalue weighted by molar-refractivity contribution is 5.88. The van der Waals surface area contributed by atoms with E-state index in [4.69, 9.17) is 9.84 Å². The Balaban J connectivity index is 1.20. The smallest absolute Gasteiger partial charge is 0.335 e. The van der Waals surface area contributed by atoms with E-state index < -0.39 is 5.97 Å². The number of rotatable bonds is 7. The van der Waals surface area contributed by atoms with Gasteiger partial charge in [-0.3, -0.25) is 4.90 Å². The largest absolute Gasteiger partial charge is 0.491 e. The SMILES string of the molecule is Cc1cc(C2CC2)c(CN2CCC3(CC2)CN(c2ccc(C(=O)O)cc2)C3)cc1OC(C)C. The van der Waals surface area contributed by atoms with Crippen LogP contribution in [-0.2, 0) is 6.54 Å². The number of nitrogens with zero attached hydrogens (tertiary/aromatic N) is 2. The van der Waals surface area contributed by atoms with E-state index in [0.29, 0.717) is 11.0 Å². The number of ether oxygens (including phenoxy) is 1. The van der Waals surface area contributed by atoms with Gasteiger partial charge < -0.3 is 14.7 Å². The second-order valence-electron chi connectivity index (χ2n) is 10.7. The van der Waals surface area contributed by atoms with Crippen LogP contribution in [0.5, 0.6) is 5.75 Å². The number of hydrogen-bond acceptors (Lipinski definition) is 4. The molecule has 0 unspecified atom stereocenters. The molecule has 0 amide bonds. The molecule has 2 heterocycles. The molecule has 2 saturated heterocycles. The van der Waals surface area contributed by atoms with E-state index in [1.54, 1.807) is 17.7 Å². The van der Waals surface area contributed by atoms with E-state index in [9.17, 15) is 4.79 Å². The van der Waals surface area contributed by atoms with Crippen LogP contribution in [-0.4, -0.2) is 48.3 Å². The molecular weight excluding hydrogens is 412 g/mol. The Morgan fingerprint density at radius 1 is 1.12 bits per heavy atom. The van der Waals surface area contributed by atoms with Crippen LogP contribution in [0, 0.1) is 12.3 Å². The van der Waals surface area contributed by atoms with E-state index in [2.05, 4.69) is 42.7 Å². The lowest BCUT2D eigenvalue weighted by molar-refractivity contribution is 0.0695. The molecule has 3 aliphatic rings. The van der Waals surface area contributed by atoms with Gasteiger partial charge in [0.2, 0.25) is 0 Å². The van der Waals surface area contributed by atoms with Crippen molar-refractivity contribution in [2.45, 2.75) is 65.0 Å². The van der Waals surface area contributed by atoms with Crippen LogP contribution in [0.3, 0.4) is 0 Å². The second kappa shape index (κ2) is 8.68. The van der Waals surface area contributed by atoms with Gasteiger partial charge in [-0.2, -0.15) is 0 Å². The third-order valence-corrected chi connectivity index (χ3v) is 7.66. The lowest BCUT2D eigenvalue weighted by Crippen LogP contribution is -2.60. The number of carboxylic acid groups (broad SMARTS) is 1. The second-order valence-corrected chi connectivity index (χ2v) is 10.7. The van der Waals surface area contributed by atoms with Gasteiger partial charge in [-0.15, -0.1) is 0 Å². The lowest BCUT2D eigenvalue weighted by atomic mass is 9.71. The summed E-state index contributed by atoms with van der Waals surface area (Å²) in [5, 5.41) is 9.11. The highest BCUT2D eigenvalue weighted by atomic mass is 16.5. The van der Waals surface area contributed by atoms with Crippen molar-refractivity contribution in [2.24, 2.45) is 5.41 Å². The molecule has 3 fully saturated rings. The molecule has 1 aliphatic carbocycles. The highest BCUT2D eigenvalue weighted by Crippen LogP contribution is 2.45. The maximum atomic E-state index is 11.1. The summed E-state index contributed by atoms with van der Waals surface area (Å²) < 4.78 is 6.11. The molecule has 33 heavy (non-hydrogen) atoms. The van der Waals surface area contributed by atoms with Crippen molar-refractivity contribution >= 4 is 11.7 Å². The van der Waals surface area contributed by atoms with E-state index in [0.717, 1.165) is 50.1 Å². The van der Waals surface area contributed by atoms with Crippen molar-refractivity contribution in [1.29, 1.82) is 0 Å². The quantitative estimate of drug-likeness (QED) is 0.610. The Kier molecular flexibility index (Phi) is 5.86. The molecular formula is C28H36N2O3. The first-order valence-electron chi connectivity index (χ1n) is 12.4. The lowest BCUT2D eigenvalue weighted by Gasteiger charge is -2.55. The van der Waals surface area contributed by atoms with Crippen molar-refractivity contribution in [3.05, 3.63) is 58.7 Å². The van der Waals surface area contributed by atoms with E-state index in [1.807, 2.05) is 12.1 Å². The Hall–Kier alpha value is -2.53. The van der Waals surface area contributed by atoms with Crippen molar-refractivity contribution < 1.29 is 14.6 Å². The van der Waals surface area contributed by atoms with E-state index in [-0.39, 0.29) is 6.10 Å². The fourth-order valence-corrected chi connectivity index (χ4v) is 5.55. The van der Waals surface area contributed by atoms with Gasteiger partial charge in [0.25, 0.3) is 0 Å². The van der Waals surface area contributed by atoms with Gasteiger partial charge in [0.15, 0.2) is 0 Å². The normalized spacial score (nSPS) is 20.2. The zero-order chi connectivity index (χ0) is 23.2. The first kappa shape index (κ1) is 22.3. The van der Waals surface area contributed by atoms with Gasteiger partial charge in [0, 0.05) is 30.7 Å². The number of likely N-dealkylation sites (tertiary alicyclic amines) is 1. The number of anilines is 1.